The Morgan fingerprint density at radius 1 is 1.32 bits per heavy atom. The molecule has 2 saturated heterocycles. The maximum absolute atomic E-state index is 13.7. The monoisotopic (exact) mass is 426 g/mol. The highest BCUT2D eigenvalue weighted by atomic mass is 16.7. The van der Waals surface area contributed by atoms with E-state index in [9.17, 15) is 9.59 Å². The lowest BCUT2D eigenvalue weighted by Gasteiger charge is -2.38. The fourth-order valence-electron chi connectivity index (χ4n) is 5.87. The number of fused-ring (bicyclic) bond motifs is 2. The van der Waals surface area contributed by atoms with Gasteiger partial charge in [-0.3, -0.25) is 14.6 Å². The summed E-state index contributed by atoms with van der Waals surface area (Å²) >= 11 is 0. The minimum atomic E-state index is -0.846. The molecule has 1 spiro atoms. The normalized spacial score (nSPS) is 33.4. The van der Waals surface area contributed by atoms with Crippen molar-refractivity contribution in [3.63, 3.8) is 0 Å². The summed E-state index contributed by atoms with van der Waals surface area (Å²) in [5, 5.41) is 1.36. The largest absolute Gasteiger partial charge is 0.497 e. The zero-order valence-corrected chi connectivity index (χ0v) is 18.1. The molecule has 5 aliphatic rings. The zero-order chi connectivity index (χ0) is 21.9. The van der Waals surface area contributed by atoms with Gasteiger partial charge >= 0.3 is 5.97 Å². The molecule has 1 saturated carbocycles. The van der Waals surface area contributed by atoms with Gasteiger partial charge in [0, 0.05) is 29.7 Å². The van der Waals surface area contributed by atoms with Crippen molar-refractivity contribution in [3.05, 3.63) is 35.4 Å². The van der Waals surface area contributed by atoms with Crippen LogP contribution in [0.1, 0.15) is 25.3 Å². The van der Waals surface area contributed by atoms with E-state index >= 15 is 0 Å². The van der Waals surface area contributed by atoms with Gasteiger partial charge in [-0.15, -0.1) is 0 Å². The second-order valence-electron chi connectivity index (χ2n) is 8.60. The number of hydrogen-bond acceptors (Lipinski definition) is 7. The van der Waals surface area contributed by atoms with Crippen molar-refractivity contribution >= 4 is 23.3 Å². The van der Waals surface area contributed by atoms with Crippen LogP contribution in [0.15, 0.2) is 34.8 Å². The summed E-state index contributed by atoms with van der Waals surface area (Å²) in [4.78, 5) is 36.0. The number of ether oxygens (including phenoxy) is 3. The zero-order valence-electron chi connectivity index (χ0n) is 18.1. The van der Waals surface area contributed by atoms with E-state index < -0.39 is 5.41 Å². The Morgan fingerprint density at radius 2 is 2.13 bits per heavy atom. The highest BCUT2D eigenvalue weighted by Gasteiger charge is 2.64. The van der Waals surface area contributed by atoms with E-state index in [4.69, 9.17) is 24.0 Å². The summed E-state index contributed by atoms with van der Waals surface area (Å²) in [5.41, 5.74) is 2.51. The third-order valence-electron chi connectivity index (χ3n) is 7.30. The van der Waals surface area contributed by atoms with Gasteiger partial charge in [0.25, 0.3) is 5.91 Å². The van der Waals surface area contributed by atoms with E-state index in [1.54, 1.807) is 7.11 Å². The smallest absolute Gasteiger partial charge is 0.330 e. The number of hydrogen-bond donors (Lipinski definition) is 0. The molecule has 31 heavy (non-hydrogen) atoms. The highest BCUT2D eigenvalue weighted by Crippen LogP contribution is 2.57. The van der Waals surface area contributed by atoms with Gasteiger partial charge in [0.1, 0.15) is 11.2 Å². The molecular weight excluding hydrogens is 400 g/mol. The van der Waals surface area contributed by atoms with Gasteiger partial charge in [0.2, 0.25) is 0 Å². The molecule has 0 aromatic heterocycles. The number of nitrogens with zero attached hydrogens (tertiary/aromatic N) is 2. The molecule has 4 bridgehead atoms. The van der Waals surface area contributed by atoms with Gasteiger partial charge in [0.05, 0.1) is 45.8 Å². The van der Waals surface area contributed by atoms with E-state index in [0.29, 0.717) is 30.9 Å². The van der Waals surface area contributed by atoms with Crippen LogP contribution in [0, 0.1) is 11.8 Å². The van der Waals surface area contributed by atoms with Crippen LogP contribution in [0.3, 0.4) is 0 Å². The van der Waals surface area contributed by atoms with Crippen LogP contribution >= 0.6 is 0 Å². The minimum Gasteiger partial charge on any atom is -0.497 e. The molecule has 6 rings (SSSR count). The van der Waals surface area contributed by atoms with Crippen molar-refractivity contribution in [3.8, 4) is 5.75 Å². The summed E-state index contributed by atoms with van der Waals surface area (Å²) in [6.45, 7) is 2.44. The van der Waals surface area contributed by atoms with Crippen LogP contribution in [0.5, 0.6) is 5.75 Å². The maximum atomic E-state index is 13.7. The molecule has 164 valence electrons. The van der Waals surface area contributed by atoms with E-state index in [0.717, 1.165) is 16.8 Å². The number of esters is 1. The third-order valence-corrected chi connectivity index (χ3v) is 7.30. The second kappa shape index (κ2) is 7.17. The van der Waals surface area contributed by atoms with Crippen molar-refractivity contribution in [2.24, 2.45) is 16.8 Å². The van der Waals surface area contributed by atoms with Gasteiger partial charge in [-0.25, -0.2) is 4.79 Å². The summed E-state index contributed by atoms with van der Waals surface area (Å²) in [6.07, 6.45) is 2.41. The predicted octanol–water partition coefficient (Wildman–Crippen LogP) is 2.21. The Kier molecular flexibility index (Phi) is 4.67. The van der Waals surface area contributed by atoms with Crippen molar-refractivity contribution in [1.29, 1.82) is 0 Å². The first-order chi connectivity index (χ1) is 14.9. The Labute approximate surface area is 180 Å². The van der Waals surface area contributed by atoms with E-state index in [2.05, 4.69) is 0 Å². The number of carbonyl (C=O) groups excluding carboxylic acids is 2. The Balaban J connectivity index is 1.60. The molecule has 3 fully saturated rings. The number of aliphatic imine (C=N–C) groups is 1. The highest BCUT2D eigenvalue weighted by molar-refractivity contribution is 6.09. The first kappa shape index (κ1) is 20.2. The molecule has 1 amide bonds. The van der Waals surface area contributed by atoms with E-state index in [-0.39, 0.29) is 35.9 Å². The first-order valence-electron chi connectivity index (χ1n) is 10.5. The van der Waals surface area contributed by atoms with Gasteiger partial charge in [0.15, 0.2) is 0 Å². The van der Waals surface area contributed by atoms with Gasteiger partial charge < -0.3 is 14.2 Å². The lowest BCUT2D eigenvalue weighted by atomic mass is 9.71. The lowest BCUT2D eigenvalue weighted by molar-refractivity contribution is -0.137. The van der Waals surface area contributed by atoms with Crippen molar-refractivity contribution in [2.45, 2.75) is 37.3 Å². The summed E-state index contributed by atoms with van der Waals surface area (Å²) in [7, 11) is 4.46. The van der Waals surface area contributed by atoms with E-state index in [1.807, 2.05) is 25.1 Å². The summed E-state index contributed by atoms with van der Waals surface area (Å²) < 4.78 is 16.5. The summed E-state index contributed by atoms with van der Waals surface area (Å²) in [6, 6.07) is 5.59. The summed E-state index contributed by atoms with van der Waals surface area (Å²) in [5.74, 6) is 0.500. The van der Waals surface area contributed by atoms with Crippen molar-refractivity contribution in [1.82, 2.24) is 0 Å². The average molecular weight is 426 g/mol. The second-order valence-corrected chi connectivity index (χ2v) is 8.60. The number of rotatable bonds is 4. The predicted molar refractivity (Wildman–Crippen MR) is 112 cm³/mol. The number of methoxy groups -OCH3 is 2. The topological polar surface area (TPSA) is 86.7 Å². The molecule has 0 radical (unpaired) electrons. The number of benzene rings is 1. The third kappa shape index (κ3) is 2.71. The van der Waals surface area contributed by atoms with Crippen molar-refractivity contribution in [2.75, 3.05) is 33.0 Å². The quantitative estimate of drug-likeness (QED) is 0.542. The number of hydroxylamine groups is 1. The lowest BCUT2D eigenvalue weighted by Crippen LogP contribution is -2.51. The fourth-order valence-corrected chi connectivity index (χ4v) is 5.87. The van der Waals surface area contributed by atoms with E-state index in [1.165, 1.54) is 25.4 Å². The molecule has 1 aromatic rings. The number of carbonyl (C=O) groups is 2. The molecule has 8 heteroatoms. The molecular formula is C23H26N2O6. The van der Waals surface area contributed by atoms with Crippen LogP contribution in [-0.2, 0) is 29.3 Å². The Bertz CT molecular complexity index is 1020. The van der Waals surface area contributed by atoms with Gasteiger partial charge in [-0.05, 0) is 37.0 Å². The van der Waals surface area contributed by atoms with Crippen LogP contribution in [0.2, 0.25) is 0 Å². The number of allylic oxidation sites excluding steroid dienone is 1. The molecule has 8 nitrogen and oxygen atoms in total. The van der Waals surface area contributed by atoms with Crippen LogP contribution in [0.25, 0.3) is 0 Å². The molecule has 5 unspecified atom stereocenters. The number of amides is 1. The Morgan fingerprint density at radius 3 is 2.84 bits per heavy atom. The van der Waals surface area contributed by atoms with Crippen LogP contribution in [0.4, 0.5) is 5.69 Å². The maximum Gasteiger partial charge on any atom is 0.330 e. The SMILES string of the molecule is COC(=O)C=C(C)C1=NC2CC3(C(=O)N(OC)c4cc(OC)ccc43)C3CC1C2CO3. The van der Waals surface area contributed by atoms with Crippen LogP contribution < -0.4 is 9.80 Å². The molecule has 1 aliphatic carbocycles. The van der Waals surface area contributed by atoms with Crippen molar-refractivity contribution < 1.29 is 28.6 Å². The molecule has 4 heterocycles. The molecule has 4 aliphatic heterocycles. The molecule has 1 aromatic carbocycles. The minimum absolute atomic E-state index is 0.0656. The fraction of sp³-hybridized carbons (Fsp3) is 0.522. The standard InChI is InChI=1S/C23H26N2O6/c1-12(7-20(26)29-3)21-14-9-19-23(10-17(24-21)15(14)11-31-19)16-6-5-13(28-2)8-18(16)25(30-4)22(23)27/h5-8,14-15,17,19H,9-11H2,1-4H3. The first-order valence-corrected chi connectivity index (χ1v) is 10.5. The number of anilines is 1. The average Bonchev–Trinajstić information content (AvgIpc) is 3.14. The Hall–Kier alpha value is -2.71. The van der Waals surface area contributed by atoms with Crippen LogP contribution in [-0.4, -0.2) is 57.7 Å². The van der Waals surface area contributed by atoms with Gasteiger partial charge in [-0.1, -0.05) is 6.07 Å². The molecule has 5 atom stereocenters. The van der Waals surface area contributed by atoms with Gasteiger partial charge in [-0.2, -0.15) is 5.06 Å². The molecule has 0 N–H and O–H groups in total.